The van der Waals surface area contributed by atoms with Gasteiger partial charge in [-0.1, -0.05) is 15.9 Å². The lowest BCUT2D eigenvalue weighted by atomic mass is 10.1. The minimum atomic E-state index is 0.738. The van der Waals surface area contributed by atoms with Crippen LogP contribution in [0.2, 0.25) is 0 Å². The second kappa shape index (κ2) is 5.47. The molecule has 0 spiro atoms. The van der Waals surface area contributed by atoms with Gasteiger partial charge in [0, 0.05) is 29.0 Å². The van der Waals surface area contributed by atoms with Crippen molar-refractivity contribution in [1.82, 2.24) is 10.3 Å². The maximum absolute atomic E-state index is 5.81. The highest BCUT2D eigenvalue weighted by Crippen LogP contribution is 2.25. The van der Waals surface area contributed by atoms with Crippen molar-refractivity contribution in [2.24, 2.45) is 0 Å². The molecule has 1 aromatic carbocycles. The first-order valence-corrected chi connectivity index (χ1v) is 7.46. The van der Waals surface area contributed by atoms with E-state index in [1.165, 1.54) is 18.4 Å². The van der Waals surface area contributed by atoms with Gasteiger partial charge in [-0.25, -0.2) is 4.98 Å². The third-order valence-electron chi connectivity index (χ3n) is 3.23. The van der Waals surface area contributed by atoms with Crippen LogP contribution in [0.25, 0.3) is 11.3 Å². The second-order valence-corrected chi connectivity index (χ2v) is 6.03. The van der Waals surface area contributed by atoms with E-state index in [-0.39, 0.29) is 0 Å². The fourth-order valence-corrected chi connectivity index (χ4v) is 2.72. The maximum Gasteiger partial charge on any atom is 0.196 e. The van der Waals surface area contributed by atoms with Gasteiger partial charge in [-0.15, -0.1) is 0 Å². The molecule has 1 aliphatic rings. The van der Waals surface area contributed by atoms with E-state index in [1.54, 1.807) is 0 Å². The van der Waals surface area contributed by atoms with Crippen molar-refractivity contribution in [3.8, 4) is 11.3 Å². The Kier molecular flexibility index (Phi) is 3.71. The Bertz CT molecular complexity index is 555. The van der Waals surface area contributed by atoms with Gasteiger partial charge in [0.2, 0.25) is 0 Å². The molecule has 0 saturated heterocycles. The Morgan fingerprint density at radius 2 is 2.21 bits per heavy atom. The Morgan fingerprint density at radius 1 is 1.37 bits per heavy atom. The van der Waals surface area contributed by atoms with Crippen molar-refractivity contribution in [2.75, 3.05) is 6.54 Å². The number of rotatable bonds is 5. The summed E-state index contributed by atoms with van der Waals surface area (Å²) in [5, 5.41) is 3.46. The topological polar surface area (TPSA) is 38.1 Å². The third kappa shape index (κ3) is 3.45. The van der Waals surface area contributed by atoms with Crippen LogP contribution >= 0.6 is 15.9 Å². The standard InChI is InChI=1S/C15H17BrN2O/c1-10-6-11(8-12(16)7-10)14-9-18-15(19-14)4-5-17-13-2-3-13/h6-9,13,17H,2-5H2,1H3. The monoisotopic (exact) mass is 320 g/mol. The molecule has 2 aromatic rings. The molecule has 1 heterocycles. The van der Waals surface area contributed by atoms with Gasteiger partial charge in [-0.05, 0) is 43.5 Å². The van der Waals surface area contributed by atoms with Gasteiger partial charge in [0.15, 0.2) is 11.7 Å². The summed E-state index contributed by atoms with van der Waals surface area (Å²) >= 11 is 3.51. The van der Waals surface area contributed by atoms with Crippen LogP contribution in [0.5, 0.6) is 0 Å². The van der Waals surface area contributed by atoms with E-state index < -0.39 is 0 Å². The molecule has 0 bridgehead atoms. The highest BCUT2D eigenvalue weighted by Gasteiger charge is 2.20. The van der Waals surface area contributed by atoms with Crippen LogP contribution in [0.15, 0.2) is 33.3 Å². The molecular weight excluding hydrogens is 304 g/mol. The molecule has 4 heteroatoms. The van der Waals surface area contributed by atoms with Gasteiger partial charge in [-0.3, -0.25) is 0 Å². The van der Waals surface area contributed by atoms with Gasteiger partial charge in [0.1, 0.15) is 0 Å². The van der Waals surface area contributed by atoms with Crippen molar-refractivity contribution in [1.29, 1.82) is 0 Å². The molecule has 0 atom stereocenters. The molecule has 1 fully saturated rings. The first kappa shape index (κ1) is 12.9. The van der Waals surface area contributed by atoms with Crippen molar-refractivity contribution in [3.63, 3.8) is 0 Å². The van der Waals surface area contributed by atoms with Crippen molar-refractivity contribution >= 4 is 15.9 Å². The predicted molar refractivity (Wildman–Crippen MR) is 79.1 cm³/mol. The number of nitrogens with zero attached hydrogens (tertiary/aromatic N) is 1. The van der Waals surface area contributed by atoms with E-state index in [1.807, 2.05) is 6.20 Å². The van der Waals surface area contributed by atoms with E-state index in [2.05, 4.69) is 51.4 Å². The number of hydrogen-bond donors (Lipinski definition) is 1. The molecule has 1 saturated carbocycles. The molecule has 1 aliphatic carbocycles. The quantitative estimate of drug-likeness (QED) is 0.912. The summed E-state index contributed by atoms with van der Waals surface area (Å²) in [4.78, 5) is 4.35. The first-order chi connectivity index (χ1) is 9.20. The van der Waals surface area contributed by atoms with Crippen molar-refractivity contribution < 1.29 is 4.42 Å². The van der Waals surface area contributed by atoms with Crippen LogP contribution < -0.4 is 5.32 Å². The lowest BCUT2D eigenvalue weighted by Crippen LogP contribution is -2.19. The largest absolute Gasteiger partial charge is 0.441 e. The number of aromatic nitrogens is 1. The molecule has 3 nitrogen and oxygen atoms in total. The zero-order valence-corrected chi connectivity index (χ0v) is 12.5. The van der Waals surface area contributed by atoms with Crippen LogP contribution in [-0.4, -0.2) is 17.6 Å². The molecule has 19 heavy (non-hydrogen) atoms. The third-order valence-corrected chi connectivity index (χ3v) is 3.69. The van der Waals surface area contributed by atoms with Gasteiger partial charge in [0.25, 0.3) is 0 Å². The van der Waals surface area contributed by atoms with Gasteiger partial charge < -0.3 is 9.73 Å². The zero-order chi connectivity index (χ0) is 13.2. The number of oxazole rings is 1. The van der Waals surface area contributed by atoms with Crippen molar-refractivity contribution in [3.05, 3.63) is 40.3 Å². The molecular formula is C15H17BrN2O. The highest BCUT2D eigenvalue weighted by atomic mass is 79.9. The van der Waals surface area contributed by atoms with E-state index in [4.69, 9.17) is 4.42 Å². The zero-order valence-electron chi connectivity index (χ0n) is 10.9. The lowest BCUT2D eigenvalue weighted by molar-refractivity contribution is 0.494. The van der Waals surface area contributed by atoms with E-state index >= 15 is 0 Å². The smallest absolute Gasteiger partial charge is 0.196 e. The van der Waals surface area contributed by atoms with Crippen LogP contribution in [0, 0.1) is 6.92 Å². The molecule has 0 aliphatic heterocycles. The highest BCUT2D eigenvalue weighted by molar-refractivity contribution is 9.10. The maximum atomic E-state index is 5.81. The minimum absolute atomic E-state index is 0.738. The Labute approximate surface area is 121 Å². The second-order valence-electron chi connectivity index (χ2n) is 5.11. The summed E-state index contributed by atoms with van der Waals surface area (Å²) in [6.45, 7) is 3.02. The Balaban J connectivity index is 1.68. The SMILES string of the molecule is Cc1cc(Br)cc(-c2cnc(CCNC3CC3)o2)c1. The van der Waals surface area contributed by atoms with Gasteiger partial charge >= 0.3 is 0 Å². The summed E-state index contributed by atoms with van der Waals surface area (Å²) in [5.74, 6) is 1.65. The first-order valence-electron chi connectivity index (χ1n) is 6.66. The van der Waals surface area contributed by atoms with E-state index in [9.17, 15) is 0 Å². The van der Waals surface area contributed by atoms with Gasteiger partial charge in [-0.2, -0.15) is 0 Å². The molecule has 1 N–H and O–H groups in total. The molecule has 0 amide bonds. The summed E-state index contributed by atoms with van der Waals surface area (Å²) in [6, 6.07) is 6.99. The number of halogens is 1. The number of benzene rings is 1. The number of nitrogens with one attached hydrogen (secondary N) is 1. The Hall–Kier alpha value is -1.13. The normalized spacial score (nSPS) is 14.8. The van der Waals surface area contributed by atoms with Crippen LogP contribution in [0.4, 0.5) is 0 Å². The molecule has 1 aromatic heterocycles. The average molecular weight is 321 g/mol. The summed E-state index contributed by atoms with van der Waals surface area (Å²) < 4.78 is 6.88. The lowest BCUT2D eigenvalue weighted by Gasteiger charge is -2.01. The average Bonchev–Trinajstić information content (AvgIpc) is 3.04. The molecule has 100 valence electrons. The summed E-state index contributed by atoms with van der Waals surface area (Å²) in [6.07, 6.45) is 5.29. The summed E-state index contributed by atoms with van der Waals surface area (Å²) in [5.41, 5.74) is 2.28. The fourth-order valence-electron chi connectivity index (χ4n) is 2.11. The summed E-state index contributed by atoms with van der Waals surface area (Å²) in [7, 11) is 0. The van der Waals surface area contributed by atoms with Gasteiger partial charge in [0.05, 0.1) is 6.20 Å². The van der Waals surface area contributed by atoms with E-state index in [0.29, 0.717) is 0 Å². The van der Waals surface area contributed by atoms with Crippen LogP contribution in [0.3, 0.4) is 0 Å². The van der Waals surface area contributed by atoms with Crippen molar-refractivity contribution in [2.45, 2.75) is 32.2 Å². The number of aryl methyl sites for hydroxylation is 1. The Morgan fingerprint density at radius 3 is 2.95 bits per heavy atom. The molecule has 0 unspecified atom stereocenters. The predicted octanol–water partition coefficient (Wildman–Crippen LogP) is 3.71. The fraction of sp³-hybridized carbons (Fsp3) is 0.400. The molecule has 3 rings (SSSR count). The minimum Gasteiger partial charge on any atom is -0.441 e. The van der Waals surface area contributed by atoms with Crippen LogP contribution in [0.1, 0.15) is 24.3 Å². The molecule has 0 radical (unpaired) electrons. The van der Waals surface area contributed by atoms with Crippen LogP contribution in [-0.2, 0) is 6.42 Å². The van der Waals surface area contributed by atoms with E-state index in [0.717, 1.165) is 40.7 Å². The number of hydrogen-bond acceptors (Lipinski definition) is 3.